The van der Waals surface area contributed by atoms with Gasteiger partial charge in [0, 0.05) is 20.1 Å². The van der Waals surface area contributed by atoms with Crippen LogP contribution in [0.25, 0.3) is 10.2 Å². The molecule has 24 heavy (non-hydrogen) atoms. The van der Waals surface area contributed by atoms with Crippen molar-refractivity contribution in [2.75, 3.05) is 13.1 Å². The first kappa shape index (κ1) is 14.9. The summed E-state index contributed by atoms with van der Waals surface area (Å²) in [6.45, 7) is 1.10. The highest BCUT2D eigenvalue weighted by molar-refractivity contribution is 7.17. The van der Waals surface area contributed by atoms with Crippen LogP contribution in [0.15, 0.2) is 22.4 Å². The van der Waals surface area contributed by atoms with Crippen LogP contribution in [0.1, 0.15) is 29.4 Å². The highest BCUT2D eigenvalue weighted by Gasteiger charge is 2.27. The summed E-state index contributed by atoms with van der Waals surface area (Å²) >= 11 is 1.38. The number of nitrogens with zero attached hydrogens (tertiary/aromatic N) is 7. The average molecular weight is 345 g/mol. The van der Waals surface area contributed by atoms with Crippen LogP contribution in [0.4, 0.5) is 0 Å². The second-order valence-electron chi connectivity index (χ2n) is 5.77. The van der Waals surface area contributed by atoms with Gasteiger partial charge in [0.05, 0.1) is 12.2 Å². The number of hydrogen-bond donors (Lipinski definition) is 0. The third-order valence-corrected chi connectivity index (χ3v) is 5.11. The number of likely N-dealkylation sites (tertiary alicyclic amines) is 1. The molecule has 4 rings (SSSR count). The summed E-state index contributed by atoms with van der Waals surface area (Å²) < 4.78 is 3.59. The van der Waals surface area contributed by atoms with E-state index in [0.29, 0.717) is 41.8 Å². The second-order valence-corrected chi connectivity index (χ2v) is 6.69. The van der Waals surface area contributed by atoms with Gasteiger partial charge >= 0.3 is 0 Å². The van der Waals surface area contributed by atoms with Gasteiger partial charge in [-0.05, 0) is 24.3 Å². The highest BCUT2D eigenvalue weighted by atomic mass is 32.1. The number of rotatable bonds is 2. The van der Waals surface area contributed by atoms with E-state index in [2.05, 4.69) is 20.6 Å². The summed E-state index contributed by atoms with van der Waals surface area (Å²) in [4.78, 5) is 26.6. The summed E-state index contributed by atoms with van der Waals surface area (Å²) in [5.41, 5.74) is 0.873. The van der Waals surface area contributed by atoms with Crippen LogP contribution in [-0.4, -0.2) is 53.9 Å². The molecule has 0 spiro atoms. The number of hydrogen-bond acceptors (Lipinski definition) is 7. The van der Waals surface area contributed by atoms with Crippen molar-refractivity contribution in [3.63, 3.8) is 0 Å². The van der Waals surface area contributed by atoms with Crippen LogP contribution < -0.4 is 5.56 Å². The van der Waals surface area contributed by atoms with Gasteiger partial charge in [-0.3, -0.25) is 14.3 Å². The van der Waals surface area contributed by atoms with Crippen LogP contribution in [0.2, 0.25) is 0 Å². The molecule has 0 aromatic carbocycles. The van der Waals surface area contributed by atoms with Crippen molar-refractivity contribution in [2.45, 2.75) is 18.9 Å². The molecule has 0 bridgehead atoms. The Balaban J connectivity index is 1.50. The largest absolute Gasteiger partial charge is 0.337 e. The summed E-state index contributed by atoms with van der Waals surface area (Å²) in [5, 5.41) is 17.7. The van der Waals surface area contributed by atoms with Gasteiger partial charge in [-0.1, -0.05) is 10.4 Å². The first-order valence-electron chi connectivity index (χ1n) is 7.62. The van der Waals surface area contributed by atoms with Gasteiger partial charge in [0.25, 0.3) is 11.5 Å². The lowest BCUT2D eigenvalue weighted by molar-refractivity contribution is 0.0681. The molecule has 3 aromatic heterocycles. The van der Waals surface area contributed by atoms with E-state index < -0.39 is 0 Å². The van der Waals surface area contributed by atoms with E-state index in [0.717, 1.165) is 0 Å². The number of aryl methyl sites for hydroxylation is 1. The van der Waals surface area contributed by atoms with E-state index in [-0.39, 0.29) is 17.5 Å². The first-order valence-corrected chi connectivity index (χ1v) is 8.50. The fourth-order valence-electron chi connectivity index (χ4n) is 2.94. The third-order valence-electron chi connectivity index (χ3n) is 4.21. The van der Waals surface area contributed by atoms with Gasteiger partial charge in [-0.15, -0.1) is 21.5 Å². The van der Waals surface area contributed by atoms with E-state index in [9.17, 15) is 9.59 Å². The summed E-state index contributed by atoms with van der Waals surface area (Å²) in [6.07, 6.45) is 2.93. The molecule has 3 aromatic rings. The summed E-state index contributed by atoms with van der Waals surface area (Å²) in [7, 11) is 1.72. The fourth-order valence-corrected chi connectivity index (χ4v) is 3.70. The number of thiophene rings is 1. The van der Waals surface area contributed by atoms with Crippen LogP contribution in [0, 0.1) is 0 Å². The van der Waals surface area contributed by atoms with Crippen molar-refractivity contribution in [3.8, 4) is 0 Å². The minimum absolute atomic E-state index is 0.0394. The van der Waals surface area contributed by atoms with Crippen molar-refractivity contribution in [1.82, 2.24) is 34.9 Å². The molecule has 4 heterocycles. The van der Waals surface area contributed by atoms with Gasteiger partial charge < -0.3 is 4.90 Å². The van der Waals surface area contributed by atoms with Crippen molar-refractivity contribution < 1.29 is 4.79 Å². The standard InChI is InChI=1S/C14H15N7O2S/c1-19-8-11(16-17-19)13(22)20-5-2-9(3-6-20)21-14(23)12-10(15-18-21)4-7-24-12/h4,7-9H,2-3,5-6H2,1H3. The van der Waals surface area contributed by atoms with Crippen LogP contribution in [-0.2, 0) is 7.05 Å². The second kappa shape index (κ2) is 5.78. The molecule has 1 fully saturated rings. The number of carbonyl (C=O) groups excluding carboxylic acids is 1. The van der Waals surface area contributed by atoms with Crippen molar-refractivity contribution >= 4 is 27.5 Å². The molecule has 0 radical (unpaired) electrons. The molecule has 124 valence electrons. The molecule has 1 aliphatic rings. The molecule has 0 unspecified atom stereocenters. The Kier molecular flexibility index (Phi) is 3.60. The summed E-state index contributed by atoms with van der Waals surface area (Å²) in [5.74, 6) is -0.131. The Bertz CT molecular complexity index is 951. The van der Waals surface area contributed by atoms with Crippen molar-refractivity contribution in [1.29, 1.82) is 0 Å². The predicted octanol–water partition coefficient (Wildman–Crippen LogP) is 0.459. The summed E-state index contributed by atoms with van der Waals surface area (Å²) in [6, 6.07) is 1.75. The maximum atomic E-state index is 12.5. The zero-order valence-electron chi connectivity index (χ0n) is 13.0. The molecule has 10 heteroatoms. The van der Waals surface area contributed by atoms with E-state index in [1.54, 1.807) is 24.2 Å². The molecule has 0 saturated carbocycles. The topological polar surface area (TPSA) is 98.8 Å². The zero-order chi connectivity index (χ0) is 16.7. The van der Waals surface area contributed by atoms with E-state index in [1.807, 2.05) is 5.38 Å². The molecule has 0 aliphatic carbocycles. The number of piperidine rings is 1. The SMILES string of the molecule is Cn1cc(C(=O)N2CCC(n3nnc4ccsc4c3=O)CC2)nn1. The van der Waals surface area contributed by atoms with E-state index >= 15 is 0 Å². The number of fused-ring (bicyclic) bond motifs is 1. The fraction of sp³-hybridized carbons (Fsp3) is 0.429. The van der Waals surface area contributed by atoms with Crippen LogP contribution in [0.3, 0.4) is 0 Å². The molecule has 0 N–H and O–H groups in total. The van der Waals surface area contributed by atoms with Gasteiger partial charge in [-0.2, -0.15) is 0 Å². The van der Waals surface area contributed by atoms with Crippen LogP contribution >= 0.6 is 11.3 Å². The lowest BCUT2D eigenvalue weighted by Gasteiger charge is -2.31. The molecular weight excluding hydrogens is 330 g/mol. The molecule has 9 nitrogen and oxygen atoms in total. The minimum Gasteiger partial charge on any atom is -0.337 e. The van der Waals surface area contributed by atoms with Gasteiger partial charge in [0.1, 0.15) is 10.2 Å². The van der Waals surface area contributed by atoms with E-state index in [1.165, 1.54) is 20.7 Å². The third kappa shape index (κ3) is 2.48. The molecule has 1 aliphatic heterocycles. The molecule has 0 atom stereocenters. The highest BCUT2D eigenvalue weighted by Crippen LogP contribution is 2.22. The normalized spacial score (nSPS) is 16.0. The Morgan fingerprint density at radius 2 is 2.04 bits per heavy atom. The van der Waals surface area contributed by atoms with Crippen molar-refractivity contribution in [3.05, 3.63) is 33.7 Å². The number of amides is 1. The lowest BCUT2D eigenvalue weighted by atomic mass is 10.0. The van der Waals surface area contributed by atoms with E-state index in [4.69, 9.17) is 0 Å². The molecule has 1 saturated heterocycles. The zero-order valence-corrected chi connectivity index (χ0v) is 13.8. The van der Waals surface area contributed by atoms with Gasteiger partial charge in [-0.25, -0.2) is 4.68 Å². The van der Waals surface area contributed by atoms with Crippen LogP contribution in [0.5, 0.6) is 0 Å². The molecule has 1 amide bonds. The predicted molar refractivity (Wildman–Crippen MR) is 86.9 cm³/mol. The van der Waals surface area contributed by atoms with Gasteiger partial charge in [0.15, 0.2) is 5.69 Å². The Hall–Kier alpha value is -2.62. The maximum Gasteiger partial charge on any atom is 0.287 e. The Morgan fingerprint density at radius 1 is 1.25 bits per heavy atom. The van der Waals surface area contributed by atoms with Crippen molar-refractivity contribution in [2.24, 2.45) is 7.05 Å². The average Bonchev–Trinajstić information content (AvgIpc) is 3.24. The Labute approximate surface area is 140 Å². The maximum absolute atomic E-state index is 12.5. The first-order chi connectivity index (χ1) is 11.6. The smallest absolute Gasteiger partial charge is 0.287 e. The Morgan fingerprint density at radius 3 is 2.75 bits per heavy atom. The number of aromatic nitrogens is 6. The minimum atomic E-state index is -0.131. The monoisotopic (exact) mass is 345 g/mol. The quantitative estimate of drug-likeness (QED) is 0.669. The van der Waals surface area contributed by atoms with Gasteiger partial charge in [0.2, 0.25) is 0 Å². The lowest BCUT2D eigenvalue weighted by Crippen LogP contribution is -2.41. The molecular formula is C14H15N7O2S. The number of carbonyl (C=O) groups is 1.